The number of hydrogen-bond acceptors (Lipinski definition) is 6. The third-order valence-corrected chi connectivity index (χ3v) is 5.70. The van der Waals surface area contributed by atoms with Crippen LogP contribution in [0.1, 0.15) is 16.1 Å². The number of carbonyl (C=O) groups is 1. The first-order valence-electron chi connectivity index (χ1n) is 8.27. The van der Waals surface area contributed by atoms with Gasteiger partial charge in [0.1, 0.15) is 13.2 Å². The van der Waals surface area contributed by atoms with Crippen LogP contribution in [0.4, 0.5) is 0 Å². The average molecular weight is 359 g/mol. The number of nitrogens with zero attached hydrogens (tertiary/aromatic N) is 1. The summed E-state index contributed by atoms with van der Waals surface area (Å²) in [4.78, 5) is 15.9. The van der Waals surface area contributed by atoms with Gasteiger partial charge in [0.05, 0.1) is 4.88 Å². The highest BCUT2D eigenvalue weighted by molar-refractivity contribution is 7.17. The van der Waals surface area contributed by atoms with Gasteiger partial charge in [-0.25, -0.2) is 0 Å². The van der Waals surface area contributed by atoms with Crippen LogP contribution in [0.3, 0.4) is 0 Å². The predicted octanol–water partition coefficient (Wildman–Crippen LogP) is 1.88. The third kappa shape index (κ3) is 3.25. The van der Waals surface area contributed by atoms with Crippen LogP contribution in [-0.2, 0) is 0 Å². The van der Waals surface area contributed by atoms with E-state index in [1.807, 2.05) is 30.3 Å². The minimum Gasteiger partial charge on any atom is -0.486 e. The summed E-state index contributed by atoms with van der Waals surface area (Å²) in [5, 5.41) is 18.5. The maximum absolute atomic E-state index is 12.6. The quantitative estimate of drug-likeness (QED) is 0.818. The Hall–Kier alpha value is -2.03. The van der Waals surface area contributed by atoms with E-state index in [0.29, 0.717) is 37.6 Å². The van der Waals surface area contributed by atoms with E-state index in [-0.39, 0.29) is 11.7 Å². The van der Waals surface area contributed by atoms with Crippen LogP contribution in [0.2, 0.25) is 5.82 Å². The number of carbonyl (C=O) groups excluding carboxylic acids is 1. The summed E-state index contributed by atoms with van der Waals surface area (Å²) in [5.74, 6) is 1.15. The van der Waals surface area contributed by atoms with Crippen LogP contribution < -0.4 is 9.47 Å². The number of ether oxygens (including phenoxy) is 2. The molecule has 1 aromatic carbocycles. The summed E-state index contributed by atoms with van der Waals surface area (Å²) in [7, 11) is -1.37. The molecule has 1 aromatic heterocycles. The fourth-order valence-electron chi connectivity index (χ4n) is 3.18. The molecule has 0 radical (unpaired) electrons. The van der Waals surface area contributed by atoms with Gasteiger partial charge in [-0.3, -0.25) is 4.79 Å². The Kier molecular flexibility index (Phi) is 4.41. The molecule has 2 aromatic rings. The molecular weight excluding hydrogens is 341 g/mol. The molecule has 1 saturated heterocycles. The molecule has 2 aliphatic heterocycles. The molecule has 1 amide bonds. The van der Waals surface area contributed by atoms with Crippen molar-refractivity contribution in [2.75, 3.05) is 26.3 Å². The molecule has 4 rings (SSSR count). The number of benzene rings is 1. The lowest BCUT2D eigenvalue weighted by molar-refractivity contribution is 0.0797. The Morgan fingerprint density at radius 2 is 1.96 bits per heavy atom. The van der Waals surface area contributed by atoms with E-state index in [9.17, 15) is 14.8 Å². The zero-order valence-electron chi connectivity index (χ0n) is 13.6. The Labute approximate surface area is 149 Å². The number of amides is 1. The molecule has 0 saturated carbocycles. The lowest BCUT2D eigenvalue weighted by atomic mass is 9.72. The molecule has 1 fully saturated rings. The fraction of sp³-hybridized carbons (Fsp3) is 0.353. The van der Waals surface area contributed by atoms with Crippen molar-refractivity contribution in [3.8, 4) is 21.9 Å². The smallest absolute Gasteiger partial charge is 0.456 e. The molecule has 6 nitrogen and oxygen atoms in total. The minimum absolute atomic E-state index is 0.0584. The Morgan fingerprint density at radius 3 is 2.72 bits per heavy atom. The van der Waals surface area contributed by atoms with Gasteiger partial charge in [0, 0.05) is 23.8 Å². The monoisotopic (exact) mass is 359 g/mol. The van der Waals surface area contributed by atoms with Crippen molar-refractivity contribution in [2.24, 2.45) is 0 Å². The number of hydrogen-bond donors (Lipinski definition) is 2. The minimum atomic E-state index is -1.37. The highest BCUT2D eigenvalue weighted by Crippen LogP contribution is 2.37. The van der Waals surface area contributed by atoms with Crippen molar-refractivity contribution >= 4 is 24.4 Å². The van der Waals surface area contributed by atoms with Gasteiger partial charge in [0.25, 0.3) is 5.91 Å². The second kappa shape index (κ2) is 6.70. The SMILES string of the molecule is O=C(c1ccc(-c2ccc3c(c2)OCCO3)s1)N1CCC(B(O)O)C1. The topological polar surface area (TPSA) is 79.2 Å². The summed E-state index contributed by atoms with van der Waals surface area (Å²) in [6.07, 6.45) is 0.615. The van der Waals surface area contributed by atoms with Crippen LogP contribution in [0.25, 0.3) is 10.4 Å². The second-order valence-electron chi connectivity index (χ2n) is 6.24. The molecule has 1 unspecified atom stereocenters. The van der Waals surface area contributed by atoms with E-state index in [2.05, 4.69) is 0 Å². The standard InChI is InChI=1S/C17H18BNO5S/c20-17(19-6-5-12(10-19)18(21)22)16-4-3-15(25-16)11-1-2-13-14(9-11)24-8-7-23-13/h1-4,9,12,21-22H,5-8,10H2. The molecule has 0 aliphatic carbocycles. The van der Waals surface area contributed by atoms with E-state index in [1.54, 1.807) is 4.90 Å². The van der Waals surface area contributed by atoms with Crippen LogP contribution in [-0.4, -0.2) is 54.3 Å². The first-order chi connectivity index (χ1) is 12.1. The molecule has 1 atom stereocenters. The second-order valence-corrected chi connectivity index (χ2v) is 7.32. The van der Waals surface area contributed by atoms with Gasteiger partial charge in [0.15, 0.2) is 11.5 Å². The van der Waals surface area contributed by atoms with E-state index in [1.165, 1.54) is 11.3 Å². The number of thiophene rings is 1. The van der Waals surface area contributed by atoms with Gasteiger partial charge >= 0.3 is 7.12 Å². The molecule has 3 heterocycles. The maximum atomic E-state index is 12.6. The molecule has 2 N–H and O–H groups in total. The molecule has 8 heteroatoms. The zero-order valence-corrected chi connectivity index (χ0v) is 14.4. The average Bonchev–Trinajstić information content (AvgIpc) is 3.30. The van der Waals surface area contributed by atoms with E-state index < -0.39 is 7.12 Å². The number of likely N-dealkylation sites (tertiary alicyclic amines) is 1. The molecule has 130 valence electrons. The third-order valence-electron chi connectivity index (χ3n) is 4.58. The van der Waals surface area contributed by atoms with Gasteiger partial charge in [-0.1, -0.05) is 0 Å². The molecule has 0 spiro atoms. The van der Waals surface area contributed by atoms with E-state index in [4.69, 9.17) is 9.47 Å². The van der Waals surface area contributed by atoms with Crippen molar-refractivity contribution in [3.05, 3.63) is 35.2 Å². The van der Waals surface area contributed by atoms with Crippen molar-refractivity contribution in [2.45, 2.75) is 12.2 Å². The zero-order chi connectivity index (χ0) is 17.4. The first kappa shape index (κ1) is 16.4. The first-order valence-corrected chi connectivity index (χ1v) is 9.09. The Morgan fingerprint density at radius 1 is 1.16 bits per heavy atom. The van der Waals surface area contributed by atoms with E-state index >= 15 is 0 Å². The molecule has 2 aliphatic rings. The normalized spacial score (nSPS) is 19.1. The van der Waals surface area contributed by atoms with Crippen LogP contribution in [0, 0.1) is 0 Å². The van der Waals surface area contributed by atoms with Crippen molar-refractivity contribution in [3.63, 3.8) is 0 Å². The lowest BCUT2D eigenvalue weighted by Crippen LogP contribution is -2.30. The van der Waals surface area contributed by atoms with Crippen LogP contribution in [0.15, 0.2) is 30.3 Å². The van der Waals surface area contributed by atoms with Gasteiger partial charge in [0.2, 0.25) is 0 Å². The van der Waals surface area contributed by atoms with Crippen molar-refractivity contribution in [1.29, 1.82) is 0 Å². The van der Waals surface area contributed by atoms with Crippen LogP contribution in [0.5, 0.6) is 11.5 Å². The van der Waals surface area contributed by atoms with E-state index in [0.717, 1.165) is 21.9 Å². The summed E-state index contributed by atoms with van der Waals surface area (Å²) in [6, 6.07) is 9.53. The van der Waals surface area contributed by atoms with Crippen molar-refractivity contribution < 1.29 is 24.3 Å². The summed E-state index contributed by atoms with van der Waals surface area (Å²) < 4.78 is 11.1. The largest absolute Gasteiger partial charge is 0.486 e. The highest BCUT2D eigenvalue weighted by atomic mass is 32.1. The summed E-state index contributed by atoms with van der Waals surface area (Å²) in [5.41, 5.74) is 0.985. The van der Waals surface area contributed by atoms with Gasteiger partial charge in [-0.2, -0.15) is 0 Å². The Balaban J connectivity index is 1.51. The summed E-state index contributed by atoms with van der Waals surface area (Å²) >= 11 is 1.43. The molecular formula is C17H18BNO5S. The fourth-order valence-corrected chi connectivity index (χ4v) is 4.15. The predicted molar refractivity (Wildman–Crippen MR) is 95.2 cm³/mol. The Bertz CT molecular complexity index is 793. The van der Waals surface area contributed by atoms with Crippen LogP contribution >= 0.6 is 11.3 Å². The molecule has 0 bridgehead atoms. The number of fused-ring (bicyclic) bond motifs is 1. The van der Waals surface area contributed by atoms with Gasteiger partial charge < -0.3 is 24.4 Å². The molecule has 25 heavy (non-hydrogen) atoms. The highest BCUT2D eigenvalue weighted by Gasteiger charge is 2.34. The van der Waals surface area contributed by atoms with Gasteiger partial charge in [-0.05, 0) is 42.3 Å². The summed E-state index contributed by atoms with van der Waals surface area (Å²) in [6.45, 7) is 2.03. The van der Waals surface area contributed by atoms with Crippen molar-refractivity contribution in [1.82, 2.24) is 4.90 Å². The maximum Gasteiger partial charge on any atom is 0.456 e. The lowest BCUT2D eigenvalue weighted by Gasteiger charge is -2.18. The number of rotatable bonds is 3. The van der Waals surface area contributed by atoms with Gasteiger partial charge in [-0.15, -0.1) is 11.3 Å².